The van der Waals surface area contributed by atoms with E-state index in [1.807, 2.05) is 0 Å². The number of carboxylic acid groups (broad SMARTS) is 1. The number of carbonyl (C=O) groups is 5. The molecule has 2 aliphatic carbocycles. The maximum atomic E-state index is 13.8. The van der Waals surface area contributed by atoms with Gasteiger partial charge in [-0.05, 0) is 41.5 Å². The zero-order chi connectivity index (χ0) is 41.5. The normalized spacial score (nSPS) is 33.6. The lowest BCUT2D eigenvalue weighted by Gasteiger charge is -2.59. The minimum absolute atomic E-state index is 0.0480. The summed E-state index contributed by atoms with van der Waals surface area (Å²) in [6, 6.07) is 1.49. The lowest BCUT2D eigenvalue weighted by molar-refractivity contribution is -0.224. The first kappa shape index (κ1) is 43.9. The molecule has 7 N–H and O–H groups in total. The summed E-state index contributed by atoms with van der Waals surface area (Å²) in [7, 11) is 0. The molecule has 308 valence electrons. The van der Waals surface area contributed by atoms with Gasteiger partial charge in [0.15, 0.2) is 12.2 Å². The molecule has 0 spiro atoms. The molecule has 2 heterocycles. The average Bonchev–Trinajstić information content (AvgIpc) is 3.69. The lowest BCUT2D eigenvalue weighted by atomic mass is 9.49. The Balaban J connectivity index is 2.23. The smallest absolute Gasteiger partial charge is 0.335 e. The van der Waals surface area contributed by atoms with Crippen LogP contribution in [-0.4, -0.2) is 127 Å². The number of carbonyl (C=O) groups excluding carboxylic acids is 4. The van der Waals surface area contributed by atoms with Crippen molar-refractivity contribution >= 4 is 29.8 Å². The van der Waals surface area contributed by atoms with Crippen LogP contribution in [0.5, 0.6) is 0 Å². The Morgan fingerprint density at radius 2 is 1.56 bits per heavy atom. The van der Waals surface area contributed by atoms with Gasteiger partial charge in [-0.3, -0.25) is 14.4 Å². The predicted molar refractivity (Wildman–Crippen MR) is 186 cm³/mol. The van der Waals surface area contributed by atoms with Gasteiger partial charge in [0.05, 0.1) is 43.7 Å². The first-order chi connectivity index (χ1) is 25.5. The summed E-state index contributed by atoms with van der Waals surface area (Å²) in [5.74, 6) is -11.8. The summed E-state index contributed by atoms with van der Waals surface area (Å²) in [5, 5.41) is 78.3. The van der Waals surface area contributed by atoms with Crippen molar-refractivity contribution in [3.05, 3.63) is 35.3 Å². The fraction of sp³-hybridized carbons (Fsp3) is 0.711. The van der Waals surface area contributed by atoms with Crippen LogP contribution in [-0.2, 0) is 42.9 Å². The molecule has 17 heteroatoms. The van der Waals surface area contributed by atoms with Gasteiger partial charge in [-0.25, -0.2) is 9.59 Å². The Hall–Kier alpha value is -3.87. The number of hydrogen-bond donors (Lipinski definition) is 7. The van der Waals surface area contributed by atoms with E-state index in [0.29, 0.717) is 5.56 Å². The number of furan rings is 1. The quantitative estimate of drug-likeness (QED) is 0.0820. The monoisotopic (exact) mass is 782 g/mol. The van der Waals surface area contributed by atoms with Gasteiger partial charge in [0.25, 0.3) is 0 Å². The van der Waals surface area contributed by atoms with Gasteiger partial charge < -0.3 is 59.1 Å². The fourth-order valence-electron chi connectivity index (χ4n) is 9.09. The molecule has 17 nitrogen and oxygen atoms in total. The van der Waals surface area contributed by atoms with Crippen LogP contribution in [0.2, 0.25) is 0 Å². The van der Waals surface area contributed by atoms with Crippen molar-refractivity contribution in [2.75, 3.05) is 13.2 Å². The lowest BCUT2D eigenvalue weighted by Crippen LogP contribution is -2.66. The summed E-state index contributed by atoms with van der Waals surface area (Å²) in [4.78, 5) is 66.8. The molecule has 0 radical (unpaired) electrons. The summed E-state index contributed by atoms with van der Waals surface area (Å²) in [6.45, 7) is 9.34. The molecule has 1 saturated carbocycles. The molecule has 2 fully saturated rings. The van der Waals surface area contributed by atoms with Gasteiger partial charge in [0.1, 0.15) is 31.0 Å². The van der Waals surface area contributed by atoms with Crippen molar-refractivity contribution in [1.29, 1.82) is 0 Å². The Morgan fingerprint density at radius 1 is 0.982 bits per heavy atom. The first-order valence-corrected chi connectivity index (χ1v) is 18.2. The van der Waals surface area contributed by atoms with Crippen molar-refractivity contribution in [3.63, 3.8) is 0 Å². The molecular formula is C38H54O17. The Labute approximate surface area is 318 Å². The number of carboxylic acids is 1. The number of esters is 4. The van der Waals surface area contributed by atoms with E-state index in [9.17, 15) is 59.7 Å². The largest absolute Gasteiger partial charge is 0.481 e. The Bertz CT molecular complexity index is 1630. The van der Waals surface area contributed by atoms with E-state index in [1.165, 1.54) is 60.1 Å². The maximum absolute atomic E-state index is 13.8. The highest BCUT2D eigenvalue weighted by Crippen LogP contribution is 2.65. The van der Waals surface area contributed by atoms with Crippen molar-refractivity contribution in [3.8, 4) is 0 Å². The third kappa shape index (κ3) is 7.91. The molecule has 3 aliphatic rings. The second kappa shape index (κ2) is 16.3. The van der Waals surface area contributed by atoms with E-state index < -0.39 is 145 Å². The summed E-state index contributed by atoms with van der Waals surface area (Å²) in [6.07, 6.45) is -11.5. The molecule has 0 unspecified atom stereocenters. The highest BCUT2D eigenvalue weighted by molar-refractivity contribution is 5.77. The van der Waals surface area contributed by atoms with Crippen LogP contribution in [0.25, 0.3) is 0 Å². The maximum Gasteiger partial charge on any atom is 0.335 e. The van der Waals surface area contributed by atoms with E-state index >= 15 is 0 Å². The predicted octanol–water partition coefficient (Wildman–Crippen LogP) is 0.608. The number of ether oxygens (including phenoxy) is 4. The van der Waals surface area contributed by atoms with Crippen LogP contribution in [0.4, 0.5) is 0 Å². The third-order valence-electron chi connectivity index (χ3n) is 11.9. The minimum Gasteiger partial charge on any atom is -0.481 e. The number of fused-ring (bicyclic) bond motifs is 2. The van der Waals surface area contributed by atoms with Crippen molar-refractivity contribution < 1.29 is 83.1 Å². The van der Waals surface area contributed by atoms with E-state index in [1.54, 1.807) is 0 Å². The number of aliphatic hydroxyl groups excluding tert-OH is 5. The van der Waals surface area contributed by atoms with Crippen LogP contribution >= 0.6 is 0 Å². The number of aliphatic carboxylic acids is 1. The molecule has 0 amide bonds. The molecule has 4 rings (SSSR count). The second-order valence-electron chi connectivity index (χ2n) is 16.3. The molecular weight excluding hydrogens is 728 g/mol. The molecule has 1 aromatic rings. The molecule has 0 aromatic carbocycles. The molecule has 13 atom stereocenters. The molecule has 1 aromatic heterocycles. The second-order valence-corrected chi connectivity index (χ2v) is 16.3. The summed E-state index contributed by atoms with van der Waals surface area (Å²) >= 11 is 0. The zero-order valence-corrected chi connectivity index (χ0v) is 32.2. The van der Waals surface area contributed by atoms with Gasteiger partial charge in [-0.15, -0.1) is 0 Å². The van der Waals surface area contributed by atoms with Crippen LogP contribution in [0.1, 0.15) is 79.7 Å². The number of cyclic esters (lactones) is 1. The first-order valence-electron chi connectivity index (χ1n) is 18.2. The van der Waals surface area contributed by atoms with Crippen LogP contribution in [0.15, 0.2) is 34.2 Å². The van der Waals surface area contributed by atoms with Crippen molar-refractivity contribution in [2.45, 2.75) is 122 Å². The molecule has 55 heavy (non-hydrogen) atoms. The zero-order valence-electron chi connectivity index (χ0n) is 32.2. The minimum atomic E-state index is -2.36. The van der Waals surface area contributed by atoms with E-state index in [-0.39, 0.29) is 11.1 Å². The summed E-state index contributed by atoms with van der Waals surface area (Å²) < 4.78 is 29.0. The molecule has 0 bridgehead atoms. The topological polar surface area (TPSA) is 277 Å². The number of aliphatic hydroxyl groups is 6. The van der Waals surface area contributed by atoms with Gasteiger partial charge in [0.2, 0.25) is 0 Å². The number of hydrogen-bond acceptors (Lipinski definition) is 16. The third-order valence-corrected chi connectivity index (χ3v) is 11.9. The van der Waals surface area contributed by atoms with Gasteiger partial charge in [-0.1, -0.05) is 41.5 Å². The highest BCUT2D eigenvalue weighted by atomic mass is 16.6. The van der Waals surface area contributed by atoms with Gasteiger partial charge >= 0.3 is 29.8 Å². The molecule has 1 aliphatic heterocycles. The Morgan fingerprint density at radius 3 is 2.05 bits per heavy atom. The van der Waals surface area contributed by atoms with E-state index in [4.69, 9.17) is 23.4 Å². The van der Waals surface area contributed by atoms with Crippen LogP contribution < -0.4 is 0 Å². The van der Waals surface area contributed by atoms with Gasteiger partial charge in [-0.2, -0.15) is 0 Å². The van der Waals surface area contributed by atoms with Crippen molar-refractivity contribution in [2.24, 2.45) is 34.5 Å². The SMILES string of the molecule is CC(=O)O[C@@H]1[C@H]2C(=C3[C@H](O)[C@H](O)[C@@H](c4ccoc4)[C@]3(C)[C@H]1OC(=O)[C@H](O)C(C)C)COC(=O)C[C@@H](OC(=O)[C@H](O)C(C)C)[C@@]2(C)[C@@H](CC(=O)O)[C@@](C)(O)CO. The fourth-order valence-corrected chi connectivity index (χ4v) is 9.09. The van der Waals surface area contributed by atoms with Crippen LogP contribution in [0, 0.1) is 34.5 Å². The van der Waals surface area contributed by atoms with E-state index in [2.05, 4.69) is 0 Å². The Kier molecular flexibility index (Phi) is 13.0. The number of rotatable bonds is 13. The standard InChI is InChI=1S/C38H54O17/c1-16(2)28(44)34(48)54-22-12-24(43)52-14-20-26-31(47)30(46)25(19-9-10-51-13-19)38(26,8)33(55-35(49)29(45)17(3)4)32(53-18(5)40)27(20)37(22,7)21(11-23(41)42)36(6,50)15-39/h9-10,13,16-17,21-22,25,27-33,39,44-47,50H,11-12,14-15H2,1-8H3,(H,41,42)/t21-,22+,25+,27+,28+,29+,30+,31-,32+,33-,36-,37+,38-/m0/s1. The summed E-state index contributed by atoms with van der Waals surface area (Å²) in [5.41, 5.74) is -6.09. The van der Waals surface area contributed by atoms with Gasteiger partial charge in [0, 0.05) is 35.5 Å². The highest BCUT2D eigenvalue weighted by Gasteiger charge is 2.71. The van der Waals surface area contributed by atoms with Crippen LogP contribution in [0.3, 0.4) is 0 Å². The molecule has 1 saturated heterocycles. The van der Waals surface area contributed by atoms with E-state index in [0.717, 1.165) is 13.8 Å². The van der Waals surface area contributed by atoms with Crippen molar-refractivity contribution in [1.82, 2.24) is 0 Å². The average molecular weight is 783 g/mol.